The molecule has 114 valence electrons. The van der Waals surface area contributed by atoms with Crippen LogP contribution < -0.4 is 10.1 Å². The summed E-state index contributed by atoms with van der Waals surface area (Å²) in [6.07, 6.45) is 4.05. The van der Waals surface area contributed by atoms with Gasteiger partial charge in [-0.1, -0.05) is 18.2 Å². The van der Waals surface area contributed by atoms with Crippen molar-refractivity contribution in [2.24, 2.45) is 5.92 Å². The minimum atomic E-state index is 0.184. The third kappa shape index (κ3) is 2.91. The highest BCUT2D eigenvalue weighted by Gasteiger charge is 2.35. The molecule has 0 radical (unpaired) electrons. The molecule has 0 bridgehead atoms. The lowest BCUT2D eigenvalue weighted by Crippen LogP contribution is -2.40. The van der Waals surface area contributed by atoms with Crippen molar-refractivity contribution in [3.8, 4) is 5.75 Å². The maximum absolute atomic E-state index is 12.8. The molecule has 2 aliphatic rings. The van der Waals surface area contributed by atoms with Gasteiger partial charge in [0.1, 0.15) is 5.75 Å². The van der Waals surface area contributed by atoms with Gasteiger partial charge in [0.15, 0.2) is 0 Å². The highest BCUT2D eigenvalue weighted by molar-refractivity contribution is 5.80. The maximum atomic E-state index is 12.8. The Labute approximate surface area is 126 Å². The number of nitrogens with zero attached hydrogens (tertiary/aromatic N) is 1. The lowest BCUT2D eigenvalue weighted by atomic mass is 9.95. The molecule has 1 atom stereocenters. The normalized spacial score (nSPS) is 23.3. The molecule has 2 aliphatic heterocycles. The molecule has 2 saturated heterocycles. The van der Waals surface area contributed by atoms with Crippen molar-refractivity contribution < 1.29 is 9.53 Å². The Kier molecular flexibility index (Phi) is 4.44. The van der Waals surface area contributed by atoms with Gasteiger partial charge in [-0.2, -0.15) is 0 Å². The van der Waals surface area contributed by atoms with Crippen LogP contribution in [0.3, 0.4) is 0 Å². The molecule has 0 aromatic heterocycles. The van der Waals surface area contributed by atoms with Crippen LogP contribution >= 0.6 is 0 Å². The number of hydrogen-bond acceptors (Lipinski definition) is 3. The first-order chi connectivity index (χ1) is 10.3. The average molecular weight is 288 g/mol. The van der Waals surface area contributed by atoms with Gasteiger partial charge < -0.3 is 15.0 Å². The van der Waals surface area contributed by atoms with Crippen LogP contribution in [0.5, 0.6) is 5.75 Å². The summed E-state index contributed by atoms with van der Waals surface area (Å²) in [4.78, 5) is 14.9. The summed E-state index contributed by atoms with van der Waals surface area (Å²) in [5.74, 6) is 1.43. The van der Waals surface area contributed by atoms with Gasteiger partial charge in [0.05, 0.1) is 13.2 Å². The third-order valence-electron chi connectivity index (χ3n) is 4.72. The summed E-state index contributed by atoms with van der Waals surface area (Å²) >= 11 is 0. The zero-order valence-corrected chi connectivity index (χ0v) is 12.7. The maximum Gasteiger partial charge on any atom is 0.226 e. The van der Waals surface area contributed by atoms with Crippen molar-refractivity contribution in [2.45, 2.75) is 31.7 Å². The number of piperidine rings is 1. The van der Waals surface area contributed by atoms with Gasteiger partial charge in [0.2, 0.25) is 5.91 Å². The van der Waals surface area contributed by atoms with E-state index in [9.17, 15) is 4.79 Å². The van der Waals surface area contributed by atoms with Gasteiger partial charge in [-0.3, -0.25) is 4.79 Å². The van der Waals surface area contributed by atoms with Crippen LogP contribution in [0.25, 0.3) is 0 Å². The van der Waals surface area contributed by atoms with Crippen LogP contribution in [0.4, 0.5) is 0 Å². The topological polar surface area (TPSA) is 41.6 Å². The van der Waals surface area contributed by atoms with Gasteiger partial charge in [-0.05, 0) is 44.8 Å². The molecule has 4 heteroatoms. The molecule has 0 saturated carbocycles. The van der Waals surface area contributed by atoms with E-state index in [0.717, 1.165) is 56.6 Å². The first-order valence-corrected chi connectivity index (χ1v) is 7.95. The molecule has 1 unspecified atom stereocenters. The average Bonchev–Trinajstić information content (AvgIpc) is 3.04. The number of amides is 1. The molecule has 4 nitrogen and oxygen atoms in total. The van der Waals surface area contributed by atoms with E-state index in [1.165, 1.54) is 0 Å². The van der Waals surface area contributed by atoms with E-state index >= 15 is 0 Å². The van der Waals surface area contributed by atoms with Crippen LogP contribution in [0.1, 0.15) is 37.3 Å². The molecule has 3 rings (SSSR count). The summed E-state index contributed by atoms with van der Waals surface area (Å²) in [6.45, 7) is 2.80. The lowest BCUT2D eigenvalue weighted by Gasteiger charge is -2.31. The second-order valence-corrected chi connectivity index (χ2v) is 5.96. The molecule has 0 spiro atoms. The first kappa shape index (κ1) is 14.4. The molecule has 1 aromatic rings. The van der Waals surface area contributed by atoms with E-state index in [1.54, 1.807) is 7.11 Å². The van der Waals surface area contributed by atoms with Crippen molar-refractivity contribution in [3.63, 3.8) is 0 Å². The van der Waals surface area contributed by atoms with E-state index < -0.39 is 0 Å². The Balaban J connectivity index is 1.80. The number of likely N-dealkylation sites (tertiary alicyclic amines) is 1. The molecule has 1 aromatic carbocycles. The Morgan fingerprint density at radius 2 is 2.00 bits per heavy atom. The Hall–Kier alpha value is -1.55. The summed E-state index contributed by atoms with van der Waals surface area (Å²) in [7, 11) is 1.70. The minimum absolute atomic E-state index is 0.184. The van der Waals surface area contributed by atoms with Gasteiger partial charge >= 0.3 is 0 Å². The lowest BCUT2D eigenvalue weighted by molar-refractivity contribution is -0.137. The zero-order chi connectivity index (χ0) is 14.7. The summed E-state index contributed by atoms with van der Waals surface area (Å²) < 4.78 is 5.48. The molecule has 2 heterocycles. The van der Waals surface area contributed by atoms with Gasteiger partial charge in [-0.25, -0.2) is 0 Å². The second kappa shape index (κ2) is 6.48. The summed E-state index contributed by atoms with van der Waals surface area (Å²) in [5.41, 5.74) is 1.15. The number of nitrogens with one attached hydrogen (secondary N) is 1. The molecule has 1 N–H and O–H groups in total. The van der Waals surface area contributed by atoms with E-state index in [0.29, 0.717) is 5.91 Å². The van der Waals surface area contributed by atoms with Crippen LogP contribution in [-0.4, -0.2) is 37.6 Å². The van der Waals surface area contributed by atoms with E-state index in [4.69, 9.17) is 4.74 Å². The number of rotatable bonds is 3. The number of hydrogen-bond donors (Lipinski definition) is 1. The third-order valence-corrected chi connectivity index (χ3v) is 4.72. The SMILES string of the molecule is COc1ccccc1C1CCCN1C(=O)C1CCNCC1. The van der Waals surface area contributed by atoms with Gasteiger partial charge in [0, 0.05) is 18.0 Å². The quantitative estimate of drug-likeness (QED) is 0.928. The van der Waals surface area contributed by atoms with Crippen LogP contribution in [0.2, 0.25) is 0 Å². The second-order valence-electron chi connectivity index (χ2n) is 5.96. The fourth-order valence-electron chi connectivity index (χ4n) is 3.60. The van der Waals surface area contributed by atoms with Crippen molar-refractivity contribution >= 4 is 5.91 Å². The van der Waals surface area contributed by atoms with Crippen molar-refractivity contribution in [1.82, 2.24) is 10.2 Å². The first-order valence-electron chi connectivity index (χ1n) is 7.95. The number of methoxy groups -OCH3 is 1. The van der Waals surface area contributed by atoms with Crippen LogP contribution in [0.15, 0.2) is 24.3 Å². The Bertz CT molecular complexity index is 497. The number of ether oxygens (including phenoxy) is 1. The van der Waals surface area contributed by atoms with E-state index in [1.807, 2.05) is 18.2 Å². The fourth-order valence-corrected chi connectivity index (χ4v) is 3.60. The number of carbonyl (C=O) groups excluding carboxylic acids is 1. The molecular weight excluding hydrogens is 264 g/mol. The highest BCUT2D eigenvalue weighted by atomic mass is 16.5. The predicted octanol–water partition coefficient (Wildman–Crippen LogP) is 2.36. The predicted molar refractivity (Wildman–Crippen MR) is 82.3 cm³/mol. The summed E-state index contributed by atoms with van der Waals surface area (Å²) in [6, 6.07) is 8.28. The Morgan fingerprint density at radius 1 is 1.24 bits per heavy atom. The number of para-hydroxylation sites is 1. The van der Waals surface area contributed by atoms with Crippen molar-refractivity contribution in [1.29, 1.82) is 0 Å². The molecule has 21 heavy (non-hydrogen) atoms. The van der Waals surface area contributed by atoms with Crippen LogP contribution in [0, 0.1) is 5.92 Å². The van der Waals surface area contributed by atoms with Gasteiger partial charge in [-0.15, -0.1) is 0 Å². The molecular formula is C17H24N2O2. The zero-order valence-electron chi connectivity index (χ0n) is 12.7. The monoisotopic (exact) mass is 288 g/mol. The highest BCUT2D eigenvalue weighted by Crippen LogP contribution is 2.38. The smallest absolute Gasteiger partial charge is 0.226 e. The fraction of sp³-hybridized carbons (Fsp3) is 0.588. The number of benzene rings is 1. The van der Waals surface area contributed by atoms with Crippen LogP contribution in [-0.2, 0) is 4.79 Å². The molecule has 2 fully saturated rings. The van der Waals surface area contributed by atoms with Crippen molar-refractivity contribution in [2.75, 3.05) is 26.7 Å². The molecule has 1 amide bonds. The van der Waals surface area contributed by atoms with Crippen molar-refractivity contribution in [3.05, 3.63) is 29.8 Å². The van der Waals surface area contributed by atoms with E-state index in [-0.39, 0.29) is 12.0 Å². The summed E-state index contributed by atoms with van der Waals surface area (Å²) in [5, 5.41) is 3.33. The standard InChI is InChI=1S/C17H24N2O2/c1-21-16-7-3-2-5-14(16)15-6-4-12-19(15)17(20)13-8-10-18-11-9-13/h2-3,5,7,13,15,18H,4,6,8-12H2,1H3. The van der Waals surface area contributed by atoms with E-state index in [2.05, 4.69) is 16.3 Å². The largest absolute Gasteiger partial charge is 0.496 e. The Morgan fingerprint density at radius 3 is 2.76 bits per heavy atom. The number of carbonyl (C=O) groups is 1. The van der Waals surface area contributed by atoms with Gasteiger partial charge in [0.25, 0.3) is 0 Å². The minimum Gasteiger partial charge on any atom is -0.496 e. The molecule has 0 aliphatic carbocycles.